The number of carbonyl (C=O) groups excluding carboxylic acids is 2. The lowest BCUT2D eigenvalue weighted by atomic mass is 10.1. The molecule has 0 aliphatic rings. The molecule has 0 unspecified atom stereocenters. The van der Waals surface area contributed by atoms with Crippen LogP contribution in [0.2, 0.25) is 0 Å². The van der Waals surface area contributed by atoms with Crippen LogP contribution in [0.15, 0.2) is 60.7 Å². The highest BCUT2D eigenvalue weighted by Gasteiger charge is 2.24. The van der Waals surface area contributed by atoms with Crippen LogP contribution in [0.4, 0.5) is 4.79 Å². The highest BCUT2D eigenvalue weighted by Crippen LogP contribution is 2.15. The molecule has 0 aliphatic carbocycles. The van der Waals surface area contributed by atoms with Crippen LogP contribution >= 0.6 is 0 Å². The number of likely N-dealkylation sites (N-methyl/N-ethyl adjacent to an activating group) is 1. The molecule has 0 spiro atoms. The third kappa shape index (κ3) is 4.85. The van der Waals surface area contributed by atoms with Crippen molar-refractivity contribution >= 4 is 12.0 Å². The summed E-state index contributed by atoms with van der Waals surface area (Å²) in [5, 5.41) is 2.63. The van der Waals surface area contributed by atoms with Gasteiger partial charge in [0, 0.05) is 14.1 Å². The number of amides is 2. The SMILES string of the molecule is CN(C)C(=O)[C@@H](NC(=O)OCc1ccccc1)c1ccccc1. The fraction of sp³-hybridized carbons (Fsp3) is 0.222. The zero-order valence-electron chi connectivity index (χ0n) is 13.2. The van der Waals surface area contributed by atoms with Crippen LogP contribution in [0.1, 0.15) is 17.2 Å². The van der Waals surface area contributed by atoms with Gasteiger partial charge < -0.3 is 15.0 Å². The molecule has 0 fully saturated rings. The van der Waals surface area contributed by atoms with Gasteiger partial charge in [-0.3, -0.25) is 4.79 Å². The van der Waals surface area contributed by atoms with Gasteiger partial charge in [0.1, 0.15) is 12.6 Å². The summed E-state index contributed by atoms with van der Waals surface area (Å²) < 4.78 is 5.19. The first-order valence-corrected chi connectivity index (χ1v) is 7.31. The lowest BCUT2D eigenvalue weighted by Gasteiger charge is -2.21. The van der Waals surface area contributed by atoms with Gasteiger partial charge in [0.15, 0.2) is 0 Å². The number of carbonyl (C=O) groups is 2. The maximum atomic E-state index is 12.3. The van der Waals surface area contributed by atoms with E-state index in [1.54, 1.807) is 26.2 Å². The standard InChI is InChI=1S/C18H20N2O3/c1-20(2)17(21)16(15-11-7-4-8-12-15)19-18(22)23-13-14-9-5-3-6-10-14/h3-12,16H,13H2,1-2H3,(H,19,22)/t16-/m0/s1. The third-order valence-electron chi connectivity index (χ3n) is 3.30. The first kappa shape index (κ1) is 16.5. The lowest BCUT2D eigenvalue weighted by Crippen LogP contribution is -2.40. The van der Waals surface area contributed by atoms with Crippen molar-refractivity contribution in [2.24, 2.45) is 0 Å². The zero-order valence-corrected chi connectivity index (χ0v) is 13.2. The summed E-state index contributed by atoms with van der Waals surface area (Å²) in [6, 6.07) is 17.7. The number of rotatable bonds is 5. The van der Waals surface area contributed by atoms with E-state index < -0.39 is 12.1 Å². The Morgan fingerprint density at radius 1 is 1.00 bits per heavy atom. The van der Waals surface area contributed by atoms with Crippen molar-refractivity contribution in [2.75, 3.05) is 14.1 Å². The number of benzene rings is 2. The van der Waals surface area contributed by atoms with Crippen molar-refractivity contribution < 1.29 is 14.3 Å². The maximum absolute atomic E-state index is 12.3. The van der Waals surface area contributed by atoms with E-state index in [-0.39, 0.29) is 12.5 Å². The molecule has 2 amide bonds. The molecule has 0 bridgehead atoms. The van der Waals surface area contributed by atoms with Crippen LogP contribution in [-0.4, -0.2) is 31.0 Å². The van der Waals surface area contributed by atoms with Gasteiger partial charge in [0.05, 0.1) is 0 Å². The van der Waals surface area contributed by atoms with E-state index in [0.717, 1.165) is 5.56 Å². The fourth-order valence-corrected chi connectivity index (χ4v) is 2.07. The number of hydrogen-bond acceptors (Lipinski definition) is 3. The van der Waals surface area contributed by atoms with E-state index in [4.69, 9.17) is 4.74 Å². The van der Waals surface area contributed by atoms with Gasteiger partial charge in [-0.1, -0.05) is 60.7 Å². The van der Waals surface area contributed by atoms with Gasteiger partial charge >= 0.3 is 6.09 Å². The van der Waals surface area contributed by atoms with Crippen molar-refractivity contribution in [1.29, 1.82) is 0 Å². The molecular weight excluding hydrogens is 292 g/mol. The van der Waals surface area contributed by atoms with Gasteiger partial charge in [0.2, 0.25) is 5.91 Å². The first-order chi connectivity index (χ1) is 11.1. The quantitative estimate of drug-likeness (QED) is 0.923. The molecule has 0 aromatic heterocycles. The molecule has 1 atom stereocenters. The molecule has 2 aromatic rings. The van der Waals surface area contributed by atoms with Crippen LogP contribution in [0.3, 0.4) is 0 Å². The van der Waals surface area contributed by atoms with Gasteiger partial charge in [-0.25, -0.2) is 4.79 Å². The summed E-state index contributed by atoms with van der Waals surface area (Å²) in [5.74, 6) is -0.215. The minimum atomic E-state index is -0.769. The highest BCUT2D eigenvalue weighted by atomic mass is 16.5. The van der Waals surface area contributed by atoms with Crippen LogP contribution in [0.5, 0.6) is 0 Å². The summed E-state index contributed by atoms with van der Waals surface area (Å²) in [5.41, 5.74) is 1.60. The van der Waals surface area contributed by atoms with Gasteiger partial charge in [-0.15, -0.1) is 0 Å². The number of ether oxygens (including phenoxy) is 1. The molecule has 2 rings (SSSR count). The van der Waals surface area contributed by atoms with Gasteiger partial charge in [-0.05, 0) is 11.1 Å². The molecule has 120 valence electrons. The minimum absolute atomic E-state index is 0.157. The molecule has 23 heavy (non-hydrogen) atoms. The largest absolute Gasteiger partial charge is 0.445 e. The first-order valence-electron chi connectivity index (χ1n) is 7.31. The predicted molar refractivity (Wildman–Crippen MR) is 87.6 cm³/mol. The molecule has 0 saturated heterocycles. The molecule has 5 nitrogen and oxygen atoms in total. The normalized spacial score (nSPS) is 11.4. The molecule has 0 saturated carbocycles. The summed E-state index contributed by atoms with van der Waals surface area (Å²) in [4.78, 5) is 25.8. The van der Waals surface area contributed by atoms with Crippen molar-refractivity contribution in [3.05, 3.63) is 71.8 Å². The van der Waals surface area contributed by atoms with E-state index in [9.17, 15) is 9.59 Å². The average molecular weight is 312 g/mol. The Labute approximate surface area is 135 Å². The molecule has 5 heteroatoms. The van der Waals surface area contributed by atoms with Crippen molar-refractivity contribution in [3.8, 4) is 0 Å². The molecule has 1 N–H and O–H groups in total. The Bertz CT molecular complexity index is 642. The third-order valence-corrected chi connectivity index (χ3v) is 3.30. The molecule has 0 aliphatic heterocycles. The Hall–Kier alpha value is -2.82. The molecule has 0 heterocycles. The summed E-state index contributed by atoms with van der Waals surface area (Å²) in [7, 11) is 3.30. The number of nitrogens with zero attached hydrogens (tertiary/aromatic N) is 1. The van der Waals surface area contributed by atoms with Crippen molar-refractivity contribution in [1.82, 2.24) is 10.2 Å². The second-order valence-electron chi connectivity index (χ2n) is 5.28. The lowest BCUT2D eigenvalue weighted by molar-refractivity contribution is -0.131. The predicted octanol–water partition coefficient (Wildman–Crippen LogP) is 2.74. The smallest absolute Gasteiger partial charge is 0.408 e. The number of nitrogens with one attached hydrogen (secondary N) is 1. The van der Waals surface area contributed by atoms with E-state index in [0.29, 0.717) is 5.56 Å². The van der Waals surface area contributed by atoms with E-state index >= 15 is 0 Å². The van der Waals surface area contributed by atoms with Gasteiger partial charge in [0.25, 0.3) is 0 Å². The second-order valence-corrected chi connectivity index (χ2v) is 5.28. The topological polar surface area (TPSA) is 58.6 Å². The Kier molecular flexibility index (Phi) is 5.74. The monoisotopic (exact) mass is 312 g/mol. The van der Waals surface area contributed by atoms with E-state index in [2.05, 4.69) is 5.32 Å². The van der Waals surface area contributed by atoms with Gasteiger partial charge in [-0.2, -0.15) is 0 Å². The van der Waals surface area contributed by atoms with Crippen LogP contribution in [-0.2, 0) is 16.1 Å². The molecule has 2 aromatic carbocycles. The fourth-order valence-electron chi connectivity index (χ4n) is 2.07. The highest BCUT2D eigenvalue weighted by molar-refractivity contribution is 5.86. The summed E-state index contributed by atoms with van der Waals surface area (Å²) >= 11 is 0. The second kappa shape index (κ2) is 7.98. The molecule has 0 radical (unpaired) electrons. The number of hydrogen-bond donors (Lipinski definition) is 1. The van der Waals surface area contributed by atoms with E-state index in [1.807, 2.05) is 48.5 Å². The Balaban J connectivity index is 2.02. The van der Waals surface area contributed by atoms with Crippen LogP contribution in [0, 0.1) is 0 Å². The Morgan fingerprint density at radius 2 is 1.57 bits per heavy atom. The summed E-state index contributed by atoms with van der Waals surface area (Å²) in [6.45, 7) is 0.157. The maximum Gasteiger partial charge on any atom is 0.408 e. The average Bonchev–Trinajstić information content (AvgIpc) is 2.59. The number of alkyl carbamates (subject to hydrolysis) is 1. The van der Waals surface area contributed by atoms with Crippen LogP contribution in [0.25, 0.3) is 0 Å². The Morgan fingerprint density at radius 3 is 2.13 bits per heavy atom. The summed E-state index contributed by atoms with van der Waals surface area (Å²) in [6.07, 6.45) is -0.627. The minimum Gasteiger partial charge on any atom is -0.445 e. The van der Waals surface area contributed by atoms with Crippen molar-refractivity contribution in [2.45, 2.75) is 12.6 Å². The van der Waals surface area contributed by atoms with E-state index in [1.165, 1.54) is 4.90 Å². The molecular formula is C18H20N2O3. The van der Waals surface area contributed by atoms with Crippen molar-refractivity contribution in [3.63, 3.8) is 0 Å². The van der Waals surface area contributed by atoms with Crippen LogP contribution < -0.4 is 5.32 Å². The zero-order chi connectivity index (χ0) is 16.7.